The van der Waals surface area contributed by atoms with Gasteiger partial charge in [0.1, 0.15) is 0 Å². The van der Waals surface area contributed by atoms with E-state index in [2.05, 4.69) is 15.2 Å². The summed E-state index contributed by atoms with van der Waals surface area (Å²) in [6.45, 7) is 0. The zero-order valence-corrected chi connectivity index (χ0v) is 8.32. The van der Waals surface area contributed by atoms with Crippen molar-refractivity contribution in [3.63, 3.8) is 0 Å². The van der Waals surface area contributed by atoms with Crippen LogP contribution in [0.15, 0.2) is 15.2 Å². The van der Waals surface area contributed by atoms with Crippen LogP contribution in [-0.4, -0.2) is 34.4 Å². The topological polar surface area (TPSA) is 91.5 Å². The zero-order valence-electron chi connectivity index (χ0n) is 7.51. The first-order chi connectivity index (χ1) is 6.63. The number of azo groups is 1. The molecule has 0 saturated carbocycles. The molecule has 0 saturated heterocycles. The number of rotatable bonds is 3. The van der Waals surface area contributed by atoms with Crippen molar-refractivity contribution >= 4 is 28.8 Å². The van der Waals surface area contributed by atoms with Gasteiger partial charge in [0.15, 0.2) is 6.04 Å². The Balaban J connectivity index is 2.52. The minimum atomic E-state index is -0.951. The van der Waals surface area contributed by atoms with E-state index in [1.165, 1.54) is 11.8 Å². The molecule has 1 unspecified atom stereocenters. The van der Waals surface area contributed by atoms with E-state index < -0.39 is 17.9 Å². The first-order valence-electron chi connectivity index (χ1n) is 3.92. The third kappa shape index (κ3) is 2.91. The average molecular weight is 215 g/mol. The molecule has 0 aliphatic carbocycles. The summed E-state index contributed by atoms with van der Waals surface area (Å²) >= 11 is 1.23. The van der Waals surface area contributed by atoms with Crippen molar-refractivity contribution in [2.24, 2.45) is 15.2 Å². The second-order valence-corrected chi connectivity index (χ2v) is 3.37. The summed E-state index contributed by atoms with van der Waals surface area (Å²) in [5.41, 5.74) is 0. The van der Waals surface area contributed by atoms with Gasteiger partial charge in [-0.25, -0.2) is 0 Å². The lowest BCUT2D eigenvalue weighted by Gasteiger charge is -2.09. The maximum atomic E-state index is 11.2. The van der Waals surface area contributed by atoms with E-state index in [4.69, 9.17) is 5.11 Å². The zero-order chi connectivity index (χ0) is 10.6. The molecule has 1 rings (SSSR count). The fourth-order valence-corrected chi connectivity index (χ4v) is 1.20. The molecule has 1 aliphatic heterocycles. The van der Waals surface area contributed by atoms with Crippen LogP contribution in [0.5, 0.6) is 0 Å². The number of carboxylic acids is 1. The van der Waals surface area contributed by atoms with Crippen LogP contribution in [0.1, 0.15) is 12.8 Å². The Labute approximate surface area is 84.5 Å². The largest absolute Gasteiger partial charge is 0.481 e. The van der Waals surface area contributed by atoms with Crippen LogP contribution in [0, 0.1) is 0 Å². The Kier molecular flexibility index (Phi) is 3.75. The number of aliphatic carboxylic acids is 1. The van der Waals surface area contributed by atoms with Gasteiger partial charge in [-0.1, -0.05) is 11.8 Å². The van der Waals surface area contributed by atoms with Crippen LogP contribution in [0.3, 0.4) is 0 Å². The number of carbonyl (C=O) groups excluding carboxylic acids is 1. The number of hydrogen-bond acceptors (Lipinski definition) is 5. The van der Waals surface area contributed by atoms with Gasteiger partial charge >= 0.3 is 5.97 Å². The van der Waals surface area contributed by atoms with E-state index in [9.17, 15) is 9.59 Å². The minimum Gasteiger partial charge on any atom is -0.481 e. The SMILES string of the molecule is CSC1=NC(=O)C(CCC(=O)O)N=N1. The van der Waals surface area contributed by atoms with E-state index >= 15 is 0 Å². The number of hydrogen-bond donors (Lipinski definition) is 1. The summed E-state index contributed by atoms with van der Waals surface area (Å²) in [4.78, 5) is 25.1. The van der Waals surface area contributed by atoms with E-state index in [-0.39, 0.29) is 12.8 Å². The third-order valence-corrected chi connectivity index (χ3v) is 2.13. The predicted octanol–water partition coefficient (Wildman–Crippen LogP) is 0.931. The molecule has 0 fully saturated rings. The van der Waals surface area contributed by atoms with Crippen molar-refractivity contribution in [2.75, 3.05) is 6.26 Å². The molecule has 0 bridgehead atoms. The van der Waals surface area contributed by atoms with Crippen molar-refractivity contribution in [2.45, 2.75) is 18.9 Å². The highest BCUT2D eigenvalue weighted by atomic mass is 32.2. The minimum absolute atomic E-state index is 0.0977. The summed E-state index contributed by atoms with van der Waals surface area (Å²) in [5, 5.41) is 16.1. The lowest BCUT2D eigenvalue weighted by molar-refractivity contribution is -0.137. The van der Waals surface area contributed by atoms with Gasteiger partial charge in [0, 0.05) is 6.42 Å². The molecule has 1 aliphatic rings. The van der Waals surface area contributed by atoms with Gasteiger partial charge in [0.25, 0.3) is 5.91 Å². The highest BCUT2D eigenvalue weighted by molar-refractivity contribution is 8.13. The summed E-state index contributed by atoms with van der Waals surface area (Å²) in [6, 6.07) is -0.720. The number of amidine groups is 1. The Bertz CT molecular complexity index is 313. The number of nitrogens with zero attached hydrogens (tertiary/aromatic N) is 3. The maximum Gasteiger partial charge on any atom is 0.303 e. The lowest BCUT2D eigenvalue weighted by Crippen LogP contribution is -2.21. The summed E-state index contributed by atoms with van der Waals surface area (Å²) in [7, 11) is 0. The molecule has 0 aromatic carbocycles. The van der Waals surface area contributed by atoms with Crippen LogP contribution in [0.25, 0.3) is 0 Å². The first kappa shape index (κ1) is 10.8. The molecular weight excluding hydrogens is 206 g/mol. The first-order valence-corrected chi connectivity index (χ1v) is 5.15. The summed E-state index contributed by atoms with van der Waals surface area (Å²) in [6.07, 6.45) is 1.80. The van der Waals surface area contributed by atoms with Gasteiger partial charge in [-0.3, -0.25) is 9.59 Å². The maximum absolute atomic E-state index is 11.2. The van der Waals surface area contributed by atoms with Crippen molar-refractivity contribution < 1.29 is 14.7 Å². The van der Waals surface area contributed by atoms with E-state index in [0.29, 0.717) is 5.17 Å². The van der Waals surface area contributed by atoms with Gasteiger partial charge in [0.05, 0.1) is 0 Å². The second kappa shape index (κ2) is 4.85. The molecule has 1 N–H and O–H groups in total. The van der Waals surface area contributed by atoms with Gasteiger partial charge < -0.3 is 5.11 Å². The molecule has 1 heterocycles. The molecule has 0 spiro atoms. The van der Waals surface area contributed by atoms with Crippen LogP contribution in [-0.2, 0) is 9.59 Å². The number of amides is 1. The molecule has 76 valence electrons. The van der Waals surface area contributed by atoms with Crippen molar-refractivity contribution in [1.29, 1.82) is 0 Å². The van der Waals surface area contributed by atoms with E-state index in [0.717, 1.165) is 0 Å². The monoisotopic (exact) mass is 215 g/mol. The molecule has 14 heavy (non-hydrogen) atoms. The molecule has 6 nitrogen and oxygen atoms in total. The van der Waals surface area contributed by atoms with Crippen molar-refractivity contribution in [3.8, 4) is 0 Å². The van der Waals surface area contributed by atoms with Crippen LogP contribution in [0.2, 0.25) is 0 Å². The van der Waals surface area contributed by atoms with Crippen LogP contribution >= 0.6 is 11.8 Å². The van der Waals surface area contributed by atoms with Gasteiger partial charge in [0.2, 0.25) is 5.17 Å². The van der Waals surface area contributed by atoms with Crippen LogP contribution in [0.4, 0.5) is 0 Å². The Morgan fingerprint density at radius 3 is 2.86 bits per heavy atom. The number of carboxylic acid groups (broad SMARTS) is 1. The highest BCUT2D eigenvalue weighted by Crippen LogP contribution is 2.14. The average Bonchev–Trinajstić information content (AvgIpc) is 2.15. The number of aliphatic imine (C=N–C) groups is 1. The number of carbonyl (C=O) groups is 2. The smallest absolute Gasteiger partial charge is 0.303 e. The Morgan fingerprint density at radius 2 is 2.36 bits per heavy atom. The fraction of sp³-hybridized carbons (Fsp3) is 0.571. The predicted molar refractivity (Wildman–Crippen MR) is 51.5 cm³/mol. The highest BCUT2D eigenvalue weighted by Gasteiger charge is 2.22. The Morgan fingerprint density at radius 1 is 1.64 bits per heavy atom. The summed E-state index contributed by atoms with van der Waals surface area (Å²) in [5.74, 6) is -1.36. The normalized spacial score (nSPS) is 20.8. The summed E-state index contributed by atoms with van der Waals surface area (Å²) < 4.78 is 0. The van der Waals surface area contributed by atoms with Crippen molar-refractivity contribution in [1.82, 2.24) is 0 Å². The molecule has 0 radical (unpaired) electrons. The third-order valence-electron chi connectivity index (χ3n) is 1.59. The second-order valence-electron chi connectivity index (χ2n) is 2.60. The van der Waals surface area contributed by atoms with Gasteiger partial charge in [-0.05, 0) is 12.7 Å². The number of thioether (sulfide) groups is 1. The van der Waals surface area contributed by atoms with Crippen molar-refractivity contribution in [3.05, 3.63) is 0 Å². The fourth-order valence-electron chi connectivity index (χ4n) is 0.887. The van der Waals surface area contributed by atoms with Crippen LogP contribution < -0.4 is 0 Å². The lowest BCUT2D eigenvalue weighted by atomic mass is 10.1. The van der Waals surface area contributed by atoms with Gasteiger partial charge in [-0.15, -0.1) is 5.11 Å². The molecular formula is C7H9N3O3S. The molecule has 0 aromatic rings. The molecule has 1 atom stereocenters. The van der Waals surface area contributed by atoms with Gasteiger partial charge in [-0.2, -0.15) is 10.1 Å². The van der Waals surface area contributed by atoms with E-state index in [1.807, 2.05) is 0 Å². The molecule has 0 aromatic heterocycles. The molecule has 7 heteroatoms. The molecule has 1 amide bonds. The quantitative estimate of drug-likeness (QED) is 0.758. The standard InChI is InChI=1S/C7H9N3O3S/c1-14-7-8-6(13)4(9-10-7)2-3-5(11)12/h4H,2-3H2,1H3,(H,11,12). The van der Waals surface area contributed by atoms with E-state index in [1.54, 1.807) is 6.26 Å². The Hall–Kier alpha value is -1.24.